The first-order valence-electron chi connectivity index (χ1n) is 6.98. The number of carbonyl (C=O) groups is 2. The van der Waals surface area contributed by atoms with Crippen LogP contribution in [-0.2, 0) is 16.0 Å². The van der Waals surface area contributed by atoms with Gasteiger partial charge in [-0.3, -0.25) is 9.59 Å². The lowest BCUT2D eigenvalue weighted by atomic mass is 10.1. The average Bonchev–Trinajstić information content (AvgIpc) is 2.49. The van der Waals surface area contributed by atoms with Crippen molar-refractivity contribution < 1.29 is 18.4 Å². The van der Waals surface area contributed by atoms with Crippen LogP contribution >= 0.6 is 0 Å². The van der Waals surface area contributed by atoms with Gasteiger partial charge in [0.05, 0.1) is 13.0 Å². The molecule has 1 N–H and O–H groups in total. The number of amides is 2. The van der Waals surface area contributed by atoms with Crippen molar-refractivity contribution in [3.8, 4) is 0 Å². The molecular weight excluding hydrogens is 302 g/mol. The monoisotopic (exact) mass is 318 g/mol. The Balaban J connectivity index is 1.90. The van der Waals surface area contributed by atoms with E-state index in [0.717, 1.165) is 0 Å². The van der Waals surface area contributed by atoms with Gasteiger partial charge in [-0.25, -0.2) is 8.78 Å². The molecule has 2 aromatic carbocycles. The largest absolute Gasteiger partial charge is 0.336 e. The molecular formula is C17H16F2N2O2. The van der Waals surface area contributed by atoms with Gasteiger partial charge < -0.3 is 10.2 Å². The summed E-state index contributed by atoms with van der Waals surface area (Å²) in [6, 6.07) is 11.4. The standard InChI is InChI=1S/C17H16F2N2O2/c1-21(17(23)9-12-5-2-3-8-15(12)19)11-16(22)20-14-7-4-6-13(18)10-14/h2-8,10H,9,11H2,1H3,(H,20,22). The van der Waals surface area contributed by atoms with Crippen LogP contribution in [0.2, 0.25) is 0 Å². The zero-order valence-corrected chi connectivity index (χ0v) is 12.6. The van der Waals surface area contributed by atoms with Gasteiger partial charge in [0, 0.05) is 12.7 Å². The summed E-state index contributed by atoms with van der Waals surface area (Å²) in [5.74, 6) is -1.77. The zero-order chi connectivity index (χ0) is 16.8. The van der Waals surface area contributed by atoms with Crippen molar-refractivity contribution >= 4 is 17.5 Å². The maximum absolute atomic E-state index is 13.5. The van der Waals surface area contributed by atoms with Crippen molar-refractivity contribution in [2.24, 2.45) is 0 Å². The van der Waals surface area contributed by atoms with Crippen molar-refractivity contribution in [1.29, 1.82) is 0 Å². The summed E-state index contributed by atoms with van der Waals surface area (Å²) in [6.07, 6.45) is -0.129. The number of hydrogen-bond acceptors (Lipinski definition) is 2. The molecule has 120 valence electrons. The van der Waals surface area contributed by atoms with E-state index in [1.54, 1.807) is 18.2 Å². The Labute approximate surface area is 132 Å². The summed E-state index contributed by atoms with van der Waals surface area (Å²) < 4.78 is 26.6. The molecule has 2 rings (SSSR count). The topological polar surface area (TPSA) is 49.4 Å². The minimum atomic E-state index is -0.466. The maximum atomic E-state index is 13.5. The van der Waals surface area contributed by atoms with Crippen LogP contribution in [0.15, 0.2) is 48.5 Å². The van der Waals surface area contributed by atoms with Gasteiger partial charge in [0.15, 0.2) is 0 Å². The van der Waals surface area contributed by atoms with Crippen LogP contribution in [0.3, 0.4) is 0 Å². The highest BCUT2D eigenvalue weighted by molar-refractivity contribution is 5.94. The molecule has 0 radical (unpaired) electrons. The van der Waals surface area contributed by atoms with Gasteiger partial charge in [0.2, 0.25) is 11.8 Å². The van der Waals surface area contributed by atoms with Crippen LogP contribution in [0.25, 0.3) is 0 Å². The number of nitrogens with zero attached hydrogens (tertiary/aromatic N) is 1. The van der Waals surface area contributed by atoms with Crippen molar-refractivity contribution in [3.63, 3.8) is 0 Å². The molecule has 2 aromatic rings. The molecule has 0 saturated heterocycles. The normalized spacial score (nSPS) is 10.2. The van der Waals surface area contributed by atoms with E-state index >= 15 is 0 Å². The molecule has 6 heteroatoms. The van der Waals surface area contributed by atoms with Crippen LogP contribution in [0, 0.1) is 11.6 Å². The fourth-order valence-corrected chi connectivity index (χ4v) is 2.01. The number of anilines is 1. The van der Waals surface area contributed by atoms with Gasteiger partial charge in [-0.15, -0.1) is 0 Å². The molecule has 0 spiro atoms. The van der Waals surface area contributed by atoms with E-state index in [9.17, 15) is 18.4 Å². The first kappa shape index (κ1) is 16.6. The lowest BCUT2D eigenvalue weighted by Crippen LogP contribution is -2.36. The molecule has 0 aliphatic rings. The van der Waals surface area contributed by atoms with E-state index in [1.165, 1.54) is 42.3 Å². The molecule has 0 aromatic heterocycles. The first-order chi connectivity index (χ1) is 11.0. The molecule has 0 saturated carbocycles. The van der Waals surface area contributed by atoms with E-state index in [-0.39, 0.29) is 24.4 Å². The van der Waals surface area contributed by atoms with Crippen LogP contribution in [0.1, 0.15) is 5.56 Å². The summed E-state index contributed by atoms with van der Waals surface area (Å²) in [6.45, 7) is -0.205. The smallest absolute Gasteiger partial charge is 0.243 e. The van der Waals surface area contributed by atoms with Gasteiger partial charge in [0.1, 0.15) is 11.6 Å². The van der Waals surface area contributed by atoms with Crippen molar-refractivity contribution in [1.82, 2.24) is 4.90 Å². The molecule has 0 heterocycles. The predicted molar refractivity (Wildman–Crippen MR) is 82.8 cm³/mol. The fourth-order valence-electron chi connectivity index (χ4n) is 2.01. The number of rotatable bonds is 5. The van der Waals surface area contributed by atoms with Gasteiger partial charge in [-0.2, -0.15) is 0 Å². The third-order valence-corrected chi connectivity index (χ3v) is 3.21. The number of hydrogen-bond donors (Lipinski definition) is 1. The summed E-state index contributed by atoms with van der Waals surface area (Å²) in [4.78, 5) is 25.1. The Morgan fingerprint density at radius 1 is 1.09 bits per heavy atom. The molecule has 0 aliphatic carbocycles. The average molecular weight is 318 g/mol. The number of carbonyl (C=O) groups excluding carboxylic acids is 2. The molecule has 0 bridgehead atoms. The van der Waals surface area contributed by atoms with Gasteiger partial charge >= 0.3 is 0 Å². The predicted octanol–water partition coefficient (Wildman–Crippen LogP) is 2.60. The fraction of sp³-hybridized carbons (Fsp3) is 0.176. The highest BCUT2D eigenvalue weighted by atomic mass is 19.1. The second-order valence-corrected chi connectivity index (χ2v) is 5.08. The molecule has 2 amide bonds. The summed E-state index contributed by atoms with van der Waals surface area (Å²) in [5, 5.41) is 2.50. The molecule has 23 heavy (non-hydrogen) atoms. The lowest BCUT2D eigenvalue weighted by molar-refractivity contribution is -0.132. The third-order valence-electron chi connectivity index (χ3n) is 3.21. The number of likely N-dealkylation sites (N-methyl/N-ethyl adjacent to an activating group) is 1. The number of benzene rings is 2. The van der Waals surface area contributed by atoms with E-state index in [1.807, 2.05) is 0 Å². The maximum Gasteiger partial charge on any atom is 0.243 e. The Hall–Kier alpha value is -2.76. The minimum absolute atomic E-state index is 0.129. The van der Waals surface area contributed by atoms with E-state index in [2.05, 4.69) is 5.32 Å². The van der Waals surface area contributed by atoms with Crippen molar-refractivity contribution in [3.05, 3.63) is 65.7 Å². The van der Waals surface area contributed by atoms with E-state index in [4.69, 9.17) is 0 Å². The molecule has 0 atom stereocenters. The van der Waals surface area contributed by atoms with Crippen LogP contribution in [0.5, 0.6) is 0 Å². The zero-order valence-electron chi connectivity index (χ0n) is 12.6. The summed E-state index contributed by atoms with van der Waals surface area (Å²) in [5.41, 5.74) is 0.583. The molecule has 4 nitrogen and oxygen atoms in total. The van der Waals surface area contributed by atoms with Gasteiger partial charge in [0.25, 0.3) is 0 Å². The lowest BCUT2D eigenvalue weighted by Gasteiger charge is -2.17. The Morgan fingerprint density at radius 2 is 1.83 bits per heavy atom. The second-order valence-electron chi connectivity index (χ2n) is 5.08. The van der Waals surface area contributed by atoms with Crippen LogP contribution in [0.4, 0.5) is 14.5 Å². The molecule has 0 fully saturated rings. The van der Waals surface area contributed by atoms with E-state index in [0.29, 0.717) is 5.69 Å². The highest BCUT2D eigenvalue weighted by Gasteiger charge is 2.15. The number of nitrogens with one attached hydrogen (secondary N) is 1. The van der Waals surface area contributed by atoms with Crippen molar-refractivity contribution in [2.75, 3.05) is 18.9 Å². The Bertz CT molecular complexity index is 719. The first-order valence-corrected chi connectivity index (χ1v) is 6.98. The van der Waals surface area contributed by atoms with E-state index < -0.39 is 17.5 Å². The highest BCUT2D eigenvalue weighted by Crippen LogP contribution is 2.10. The SMILES string of the molecule is CN(CC(=O)Nc1cccc(F)c1)C(=O)Cc1ccccc1F. The summed E-state index contributed by atoms with van der Waals surface area (Å²) in [7, 11) is 1.45. The minimum Gasteiger partial charge on any atom is -0.336 e. The molecule has 0 unspecified atom stereocenters. The van der Waals surface area contributed by atoms with Crippen LogP contribution in [-0.4, -0.2) is 30.3 Å². The Kier molecular flexibility index (Phi) is 5.41. The van der Waals surface area contributed by atoms with Gasteiger partial charge in [-0.05, 0) is 29.8 Å². The summed E-state index contributed by atoms with van der Waals surface area (Å²) >= 11 is 0. The second kappa shape index (κ2) is 7.49. The molecule has 0 aliphatic heterocycles. The van der Waals surface area contributed by atoms with Crippen LogP contribution < -0.4 is 5.32 Å². The number of halogens is 2. The van der Waals surface area contributed by atoms with Crippen molar-refractivity contribution in [2.45, 2.75) is 6.42 Å². The van der Waals surface area contributed by atoms with Gasteiger partial charge in [-0.1, -0.05) is 24.3 Å². The Morgan fingerprint density at radius 3 is 2.52 bits per heavy atom. The third kappa shape index (κ3) is 4.88. The quantitative estimate of drug-likeness (QED) is 0.921.